The van der Waals surface area contributed by atoms with Gasteiger partial charge >= 0.3 is 6.03 Å². The number of sulfonamides is 1. The van der Waals surface area contributed by atoms with Gasteiger partial charge < -0.3 is 10.6 Å². The molecule has 134 valence electrons. The van der Waals surface area contributed by atoms with Gasteiger partial charge in [0.05, 0.1) is 6.54 Å². The van der Waals surface area contributed by atoms with Crippen molar-refractivity contribution < 1.29 is 18.0 Å². The van der Waals surface area contributed by atoms with Crippen molar-refractivity contribution in [2.24, 2.45) is 0 Å². The minimum absolute atomic E-state index is 0.0859. The summed E-state index contributed by atoms with van der Waals surface area (Å²) in [6.07, 6.45) is 0. The molecule has 0 spiro atoms. The molecular weight excluding hydrogens is 362 g/mol. The quantitative estimate of drug-likeness (QED) is 0.752. The molecule has 7 nitrogen and oxygen atoms in total. The van der Waals surface area contributed by atoms with Gasteiger partial charge in [-0.2, -0.15) is 0 Å². The lowest BCUT2D eigenvalue weighted by Gasteiger charge is -2.09. The van der Waals surface area contributed by atoms with Crippen molar-refractivity contribution in [3.05, 3.63) is 46.8 Å². The van der Waals surface area contributed by atoms with Crippen molar-refractivity contribution in [3.8, 4) is 0 Å². The number of anilines is 1. The molecule has 2 rings (SSSR count). The Hall–Kier alpha value is -2.23. The van der Waals surface area contributed by atoms with E-state index in [-0.39, 0.29) is 16.5 Å². The fourth-order valence-electron chi connectivity index (χ4n) is 1.93. The van der Waals surface area contributed by atoms with Crippen molar-refractivity contribution in [2.45, 2.75) is 17.7 Å². The number of carbonyl (C=O) groups excluding carboxylic acids is 2. The Labute approximate surface area is 150 Å². The average Bonchev–Trinajstić information content (AvgIpc) is 3.02. The smallest absolute Gasteiger partial charge is 0.319 e. The van der Waals surface area contributed by atoms with E-state index in [0.717, 1.165) is 15.6 Å². The van der Waals surface area contributed by atoms with E-state index in [1.807, 2.05) is 0 Å². The third-order valence-electron chi connectivity index (χ3n) is 3.32. The summed E-state index contributed by atoms with van der Waals surface area (Å²) >= 11 is 1.11. The molecule has 2 aromatic rings. The van der Waals surface area contributed by atoms with Gasteiger partial charge in [0.15, 0.2) is 5.78 Å². The van der Waals surface area contributed by atoms with Gasteiger partial charge in [0, 0.05) is 30.2 Å². The van der Waals surface area contributed by atoms with Gasteiger partial charge in [-0.1, -0.05) is 12.1 Å². The molecule has 0 unspecified atom stereocenters. The number of urea groups is 1. The highest BCUT2D eigenvalue weighted by Gasteiger charge is 2.19. The number of hydrogen-bond donors (Lipinski definition) is 2. The number of nitrogens with zero attached hydrogens (tertiary/aromatic N) is 1. The zero-order valence-electron chi connectivity index (χ0n) is 14.1. The summed E-state index contributed by atoms with van der Waals surface area (Å²) in [5, 5.41) is 5.30. The molecule has 9 heteroatoms. The van der Waals surface area contributed by atoms with Crippen LogP contribution in [0.4, 0.5) is 10.5 Å². The average molecular weight is 381 g/mol. The van der Waals surface area contributed by atoms with Crippen LogP contribution in [0.1, 0.15) is 22.2 Å². The van der Waals surface area contributed by atoms with Crippen molar-refractivity contribution in [1.29, 1.82) is 0 Å². The fraction of sp³-hybridized carbons (Fsp3) is 0.250. The Balaban J connectivity index is 1.96. The molecule has 0 radical (unpaired) electrons. The predicted octanol–water partition coefficient (Wildman–Crippen LogP) is 2.52. The first-order valence-corrected chi connectivity index (χ1v) is 9.63. The topological polar surface area (TPSA) is 95.6 Å². The van der Waals surface area contributed by atoms with Crippen molar-refractivity contribution >= 4 is 38.9 Å². The van der Waals surface area contributed by atoms with Crippen LogP contribution in [0.3, 0.4) is 0 Å². The lowest BCUT2D eigenvalue weighted by atomic mass is 10.1. The third-order valence-corrected chi connectivity index (χ3v) is 6.69. The van der Waals surface area contributed by atoms with Gasteiger partial charge in [0.25, 0.3) is 10.0 Å². The number of amides is 2. The van der Waals surface area contributed by atoms with Crippen LogP contribution in [0.15, 0.2) is 40.6 Å². The number of hydrogen-bond acceptors (Lipinski definition) is 5. The maximum absolute atomic E-state index is 12.0. The van der Waals surface area contributed by atoms with Gasteiger partial charge in [-0.3, -0.25) is 4.79 Å². The molecule has 25 heavy (non-hydrogen) atoms. The highest BCUT2D eigenvalue weighted by atomic mass is 32.2. The van der Waals surface area contributed by atoms with Crippen molar-refractivity contribution in [3.63, 3.8) is 0 Å². The molecule has 0 atom stereocenters. The molecule has 1 aromatic carbocycles. The first-order chi connectivity index (χ1) is 11.7. The molecular formula is C16H19N3O4S2. The number of carbonyl (C=O) groups is 2. The van der Waals surface area contributed by atoms with E-state index in [1.54, 1.807) is 30.3 Å². The first kappa shape index (κ1) is 19.1. The Bertz CT molecular complexity index is 888. The molecule has 0 saturated carbocycles. The highest BCUT2D eigenvalue weighted by molar-refractivity contribution is 7.91. The number of nitrogens with one attached hydrogen (secondary N) is 2. The van der Waals surface area contributed by atoms with E-state index in [9.17, 15) is 18.0 Å². The van der Waals surface area contributed by atoms with Crippen LogP contribution >= 0.6 is 11.3 Å². The van der Waals surface area contributed by atoms with Gasteiger partial charge in [0.2, 0.25) is 0 Å². The standard InChI is InChI=1S/C16H19N3O4S2/c1-11(20)12-5-4-6-13(9-12)18-16(21)17-10-14-7-8-15(24-14)25(22,23)19(2)3/h4-9H,10H2,1-3H3,(H2,17,18,21). The van der Waals surface area contributed by atoms with Crippen LogP contribution in [0.2, 0.25) is 0 Å². The lowest BCUT2D eigenvalue weighted by Crippen LogP contribution is -2.27. The van der Waals surface area contributed by atoms with Crippen LogP contribution in [0, 0.1) is 0 Å². The van der Waals surface area contributed by atoms with Gasteiger partial charge in [-0.25, -0.2) is 17.5 Å². The molecule has 1 aromatic heterocycles. The number of rotatable bonds is 6. The normalized spacial score (nSPS) is 11.4. The molecule has 2 N–H and O–H groups in total. The van der Waals surface area contributed by atoms with E-state index >= 15 is 0 Å². The van der Waals surface area contributed by atoms with Crippen LogP contribution in [0.5, 0.6) is 0 Å². The second kappa shape index (κ2) is 7.77. The minimum atomic E-state index is -3.46. The second-order valence-corrected chi connectivity index (χ2v) is 9.00. The summed E-state index contributed by atoms with van der Waals surface area (Å²) < 4.78 is 25.4. The highest BCUT2D eigenvalue weighted by Crippen LogP contribution is 2.23. The van der Waals surface area contributed by atoms with Crippen LogP contribution < -0.4 is 10.6 Å². The zero-order chi connectivity index (χ0) is 18.6. The molecule has 2 amide bonds. The maximum atomic E-state index is 12.0. The molecule has 0 fully saturated rings. The Morgan fingerprint density at radius 1 is 1.16 bits per heavy atom. The van der Waals surface area contributed by atoms with E-state index in [0.29, 0.717) is 16.1 Å². The molecule has 0 bridgehead atoms. The zero-order valence-corrected chi connectivity index (χ0v) is 15.7. The van der Waals surface area contributed by atoms with Crippen LogP contribution in [-0.2, 0) is 16.6 Å². The van der Waals surface area contributed by atoms with Gasteiger partial charge in [-0.05, 0) is 31.2 Å². The van der Waals surface area contributed by atoms with E-state index < -0.39 is 16.1 Å². The molecule has 0 aliphatic rings. The fourth-order valence-corrected chi connectivity index (χ4v) is 4.39. The summed E-state index contributed by atoms with van der Waals surface area (Å²) in [5.41, 5.74) is 1.02. The second-order valence-electron chi connectivity index (χ2n) is 5.45. The molecule has 1 heterocycles. The van der Waals surface area contributed by atoms with E-state index in [1.165, 1.54) is 27.1 Å². The predicted molar refractivity (Wildman–Crippen MR) is 97.5 cm³/mol. The monoisotopic (exact) mass is 381 g/mol. The molecule has 0 aliphatic heterocycles. The largest absolute Gasteiger partial charge is 0.333 e. The van der Waals surface area contributed by atoms with Crippen molar-refractivity contribution in [1.82, 2.24) is 9.62 Å². The summed E-state index contributed by atoms with van der Waals surface area (Å²) in [7, 11) is -0.529. The van der Waals surface area contributed by atoms with Crippen LogP contribution in [0.25, 0.3) is 0 Å². The number of thiophene rings is 1. The Kier molecular flexibility index (Phi) is 5.93. The number of Topliss-reactive ketones (excluding diaryl/α,β-unsaturated/α-hetero) is 1. The van der Waals surface area contributed by atoms with Gasteiger partial charge in [0.1, 0.15) is 4.21 Å². The number of ketones is 1. The maximum Gasteiger partial charge on any atom is 0.319 e. The van der Waals surface area contributed by atoms with Gasteiger partial charge in [-0.15, -0.1) is 11.3 Å². The Morgan fingerprint density at radius 2 is 1.88 bits per heavy atom. The van der Waals surface area contributed by atoms with E-state index in [4.69, 9.17) is 0 Å². The first-order valence-electron chi connectivity index (χ1n) is 7.37. The lowest BCUT2D eigenvalue weighted by molar-refractivity contribution is 0.101. The molecule has 0 aliphatic carbocycles. The summed E-state index contributed by atoms with van der Waals surface area (Å²) in [6.45, 7) is 1.65. The minimum Gasteiger partial charge on any atom is -0.333 e. The summed E-state index contributed by atoms with van der Waals surface area (Å²) in [6, 6.07) is 9.37. The Morgan fingerprint density at radius 3 is 2.52 bits per heavy atom. The SMILES string of the molecule is CC(=O)c1cccc(NC(=O)NCc2ccc(S(=O)(=O)N(C)C)s2)c1. The third kappa shape index (κ3) is 4.88. The summed E-state index contributed by atoms with van der Waals surface area (Å²) in [4.78, 5) is 24.0. The van der Waals surface area contributed by atoms with E-state index in [2.05, 4.69) is 10.6 Å². The van der Waals surface area contributed by atoms with Crippen molar-refractivity contribution in [2.75, 3.05) is 19.4 Å². The number of benzene rings is 1. The summed E-state index contributed by atoms with van der Waals surface area (Å²) in [5.74, 6) is -0.0859. The van der Waals surface area contributed by atoms with Crippen LogP contribution in [-0.4, -0.2) is 38.6 Å². The molecule has 0 saturated heterocycles.